The Balaban J connectivity index is 2.10. The number of fused-ring (bicyclic) bond motifs is 1. The van der Waals surface area contributed by atoms with Gasteiger partial charge in [-0.2, -0.15) is 0 Å². The maximum Gasteiger partial charge on any atom is 0.125 e. The Morgan fingerprint density at radius 2 is 2.00 bits per heavy atom. The third-order valence-corrected chi connectivity index (χ3v) is 3.76. The first kappa shape index (κ1) is 14.4. The number of aryl methyl sites for hydroxylation is 1. The van der Waals surface area contributed by atoms with E-state index in [-0.39, 0.29) is 5.82 Å². The van der Waals surface area contributed by atoms with Crippen molar-refractivity contribution in [2.75, 3.05) is 5.88 Å². The zero-order valence-corrected chi connectivity index (χ0v) is 12.7. The Morgan fingerprint density at radius 3 is 2.76 bits per heavy atom. The Kier molecular flexibility index (Phi) is 4.13. The fourth-order valence-corrected chi connectivity index (χ4v) is 2.80. The van der Waals surface area contributed by atoms with Gasteiger partial charge >= 0.3 is 0 Å². The first-order valence-corrected chi connectivity index (χ1v) is 7.53. The van der Waals surface area contributed by atoms with E-state index >= 15 is 0 Å². The molecule has 5 heteroatoms. The lowest BCUT2D eigenvalue weighted by molar-refractivity contribution is 0.628. The fourth-order valence-electron chi connectivity index (χ4n) is 2.42. The fraction of sp³-hybridized carbons (Fsp3) is 0.188. The molecule has 0 atom stereocenters. The van der Waals surface area contributed by atoms with Gasteiger partial charge in [-0.15, -0.1) is 11.6 Å². The summed E-state index contributed by atoms with van der Waals surface area (Å²) < 4.78 is 15.5. The molecule has 0 saturated carbocycles. The SMILES string of the molecule is Fc1ccc2nc(CCCl)n(Cc3cccc(Cl)c3)c2c1. The standard InChI is InChI=1S/C16H13Cl2FN2/c17-7-6-16-20-14-5-4-13(19)9-15(14)21(16)10-11-2-1-3-12(18)8-11/h1-5,8-9H,6-7,10H2. The van der Waals surface area contributed by atoms with Crippen molar-refractivity contribution >= 4 is 34.2 Å². The molecule has 0 bridgehead atoms. The van der Waals surface area contributed by atoms with Gasteiger partial charge in [-0.1, -0.05) is 23.7 Å². The first-order valence-electron chi connectivity index (χ1n) is 6.62. The summed E-state index contributed by atoms with van der Waals surface area (Å²) in [6.07, 6.45) is 0.637. The zero-order chi connectivity index (χ0) is 14.8. The molecule has 21 heavy (non-hydrogen) atoms. The van der Waals surface area contributed by atoms with Gasteiger partial charge in [0.1, 0.15) is 11.6 Å². The summed E-state index contributed by atoms with van der Waals surface area (Å²) in [4.78, 5) is 4.54. The van der Waals surface area contributed by atoms with E-state index in [2.05, 4.69) is 4.98 Å². The van der Waals surface area contributed by atoms with E-state index < -0.39 is 0 Å². The molecule has 1 aromatic heterocycles. The third-order valence-electron chi connectivity index (χ3n) is 3.34. The molecule has 0 radical (unpaired) electrons. The number of aromatic nitrogens is 2. The molecule has 0 aliphatic rings. The van der Waals surface area contributed by atoms with Crippen molar-refractivity contribution in [3.05, 3.63) is 64.7 Å². The minimum atomic E-state index is -0.271. The van der Waals surface area contributed by atoms with Crippen LogP contribution >= 0.6 is 23.2 Å². The third kappa shape index (κ3) is 3.04. The van der Waals surface area contributed by atoms with Crippen molar-refractivity contribution in [2.45, 2.75) is 13.0 Å². The van der Waals surface area contributed by atoms with Crippen LogP contribution in [0, 0.1) is 5.82 Å². The summed E-state index contributed by atoms with van der Waals surface area (Å²) in [5.74, 6) is 1.05. The van der Waals surface area contributed by atoms with Gasteiger partial charge in [0.05, 0.1) is 11.0 Å². The van der Waals surface area contributed by atoms with E-state index in [1.807, 2.05) is 28.8 Å². The summed E-state index contributed by atoms with van der Waals surface area (Å²) in [7, 11) is 0. The highest BCUT2D eigenvalue weighted by molar-refractivity contribution is 6.30. The molecule has 0 spiro atoms. The monoisotopic (exact) mass is 322 g/mol. The van der Waals surface area contributed by atoms with Crippen LogP contribution in [0.2, 0.25) is 5.02 Å². The van der Waals surface area contributed by atoms with Gasteiger partial charge in [0.2, 0.25) is 0 Å². The minimum absolute atomic E-state index is 0.271. The summed E-state index contributed by atoms with van der Waals surface area (Å²) >= 11 is 11.9. The van der Waals surface area contributed by atoms with Crippen LogP contribution in [0.5, 0.6) is 0 Å². The largest absolute Gasteiger partial charge is 0.323 e. The lowest BCUT2D eigenvalue weighted by Crippen LogP contribution is -2.06. The molecule has 0 amide bonds. The van der Waals surface area contributed by atoms with Crippen molar-refractivity contribution in [1.29, 1.82) is 0 Å². The molecule has 3 aromatic rings. The molecule has 0 aliphatic heterocycles. The zero-order valence-electron chi connectivity index (χ0n) is 11.2. The van der Waals surface area contributed by atoms with Crippen LogP contribution in [0.3, 0.4) is 0 Å². The van der Waals surface area contributed by atoms with E-state index in [0.717, 1.165) is 22.4 Å². The van der Waals surface area contributed by atoms with Crippen LogP contribution in [-0.4, -0.2) is 15.4 Å². The van der Waals surface area contributed by atoms with Crippen LogP contribution in [0.1, 0.15) is 11.4 Å². The van der Waals surface area contributed by atoms with Gasteiger partial charge in [0, 0.05) is 23.9 Å². The van der Waals surface area contributed by atoms with Gasteiger partial charge in [-0.3, -0.25) is 0 Å². The van der Waals surface area contributed by atoms with Crippen LogP contribution in [0.4, 0.5) is 4.39 Å². The second-order valence-electron chi connectivity index (χ2n) is 4.82. The molecule has 2 nitrogen and oxygen atoms in total. The Bertz CT molecular complexity index is 783. The topological polar surface area (TPSA) is 17.8 Å². The molecule has 1 heterocycles. The van der Waals surface area contributed by atoms with E-state index in [0.29, 0.717) is 23.9 Å². The molecule has 108 valence electrons. The average molecular weight is 323 g/mol. The molecule has 0 N–H and O–H groups in total. The van der Waals surface area contributed by atoms with Gasteiger partial charge in [0.25, 0.3) is 0 Å². The number of hydrogen-bond acceptors (Lipinski definition) is 1. The highest BCUT2D eigenvalue weighted by atomic mass is 35.5. The highest BCUT2D eigenvalue weighted by Gasteiger charge is 2.11. The van der Waals surface area contributed by atoms with E-state index in [4.69, 9.17) is 23.2 Å². The second kappa shape index (κ2) is 6.04. The van der Waals surface area contributed by atoms with Gasteiger partial charge in [-0.25, -0.2) is 9.37 Å². The van der Waals surface area contributed by atoms with Crippen LogP contribution in [-0.2, 0) is 13.0 Å². The number of imidazole rings is 1. The smallest absolute Gasteiger partial charge is 0.125 e. The van der Waals surface area contributed by atoms with Gasteiger partial charge in [0.15, 0.2) is 0 Å². The van der Waals surface area contributed by atoms with Gasteiger partial charge in [-0.05, 0) is 35.9 Å². The average Bonchev–Trinajstić information content (AvgIpc) is 2.77. The van der Waals surface area contributed by atoms with Crippen LogP contribution < -0.4 is 0 Å². The van der Waals surface area contributed by atoms with Crippen LogP contribution in [0.15, 0.2) is 42.5 Å². The molecule has 2 aromatic carbocycles. The molecule has 0 unspecified atom stereocenters. The lowest BCUT2D eigenvalue weighted by atomic mass is 10.2. The number of alkyl halides is 1. The number of hydrogen-bond donors (Lipinski definition) is 0. The summed E-state index contributed by atoms with van der Waals surface area (Å²) in [6.45, 7) is 0.590. The number of rotatable bonds is 4. The quantitative estimate of drug-likeness (QED) is 0.639. The second-order valence-corrected chi connectivity index (χ2v) is 5.63. The number of halogens is 3. The van der Waals surface area contributed by atoms with E-state index in [9.17, 15) is 4.39 Å². The molecular weight excluding hydrogens is 310 g/mol. The molecule has 0 fully saturated rings. The van der Waals surface area contributed by atoms with Crippen molar-refractivity contribution in [1.82, 2.24) is 9.55 Å². The van der Waals surface area contributed by atoms with Crippen LogP contribution in [0.25, 0.3) is 11.0 Å². The Morgan fingerprint density at radius 1 is 1.14 bits per heavy atom. The first-order chi connectivity index (χ1) is 10.2. The molecule has 0 saturated heterocycles. The molecule has 3 rings (SSSR count). The molecular formula is C16H13Cl2FN2. The predicted molar refractivity (Wildman–Crippen MR) is 84.7 cm³/mol. The Labute approximate surface area is 132 Å². The Hall–Kier alpha value is -1.58. The number of benzene rings is 2. The summed E-state index contributed by atoms with van der Waals surface area (Å²) in [6, 6.07) is 12.2. The lowest BCUT2D eigenvalue weighted by Gasteiger charge is -2.09. The van der Waals surface area contributed by atoms with Crippen molar-refractivity contribution in [3.63, 3.8) is 0 Å². The maximum atomic E-state index is 13.5. The predicted octanol–water partition coefficient (Wildman–Crippen LogP) is 4.66. The normalized spacial score (nSPS) is 11.2. The van der Waals surface area contributed by atoms with Crippen molar-refractivity contribution < 1.29 is 4.39 Å². The summed E-state index contributed by atoms with van der Waals surface area (Å²) in [5.41, 5.74) is 2.59. The minimum Gasteiger partial charge on any atom is -0.323 e. The highest BCUT2D eigenvalue weighted by Crippen LogP contribution is 2.21. The number of nitrogens with zero attached hydrogens (tertiary/aromatic N) is 2. The van der Waals surface area contributed by atoms with E-state index in [1.54, 1.807) is 6.07 Å². The van der Waals surface area contributed by atoms with Crippen molar-refractivity contribution in [3.8, 4) is 0 Å². The summed E-state index contributed by atoms with van der Waals surface area (Å²) in [5, 5.41) is 0.682. The van der Waals surface area contributed by atoms with Gasteiger partial charge < -0.3 is 4.57 Å². The maximum absolute atomic E-state index is 13.5. The van der Waals surface area contributed by atoms with E-state index in [1.165, 1.54) is 12.1 Å². The van der Waals surface area contributed by atoms with Crippen molar-refractivity contribution in [2.24, 2.45) is 0 Å². The molecule has 0 aliphatic carbocycles.